The molecule has 0 fully saturated rings. The minimum Gasteiger partial charge on any atom is -0.493 e. The number of ether oxygens (including phenoxy) is 1. The third kappa shape index (κ3) is 8.25. The lowest BCUT2D eigenvalue weighted by atomic mass is 10.0. The highest BCUT2D eigenvalue weighted by Crippen LogP contribution is 2.34. The minimum atomic E-state index is -0.949. The normalized spacial score (nSPS) is 11.2. The van der Waals surface area contributed by atoms with Crippen LogP contribution in [0.3, 0.4) is 0 Å². The summed E-state index contributed by atoms with van der Waals surface area (Å²) < 4.78 is 6.00. The average Bonchev–Trinajstić information content (AvgIpc) is 2.84. The number of unbranched alkanes of at least 4 members (excludes halogenated alkanes) is 4. The molecule has 2 amide bonds. The second kappa shape index (κ2) is 14.1. The van der Waals surface area contributed by atoms with Crippen molar-refractivity contribution in [2.75, 3.05) is 25.1 Å². The highest BCUT2D eigenvalue weighted by molar-refractivity contribution is 5.93. The number of nitrogens with one attached hydrogen (secondary N) is 1. The van der Waals surface area contributed by atoms with Crippen molar-refractivity contribution in [2.24, 2.45) is 0 Å². The van der Waals surface area contributed by atoms with Crippen LogP contribution in [-0.2, 0) is 4.79 Å². The van der Waals surface area contributed by atoms with Crippen LogP contribution < -0.4 is 15.0 Å². The minimum absolute atomic E-state index is 0.125. The van der Waals surface area contributed by atoms with Gasteiger partial charge in [-0.05, 0) is 55.2 Å². The Kier molecular flexibility index (Phi) is 11.2. The van der Waals surface area contributed by atoms with Gasteiger partial charge in [-0.1, -0.05) is 63.8 Å². The fourth-order valence-electron chi connectivity index (χ4n) is 3.55. The number of carbonyl (C=O) groups excluding carboxylic acids is 1. The molecule has 0 aliphatic heterocycles. The lowest BCUT2D eigenvalue weighted by molar-refractivity contribution is -0.132. The molecular formula is C28H38N2O4. The highest BCUT2D eigenvalue weighted by atomic mass is 16.5. The molecule has 0 heterocycles. The van der Waals surface area contributed by atoms with Gasteiger partial charge in [0.25, 0.3) is 0 Å². The molecule has 184 valence electrons. The number of hydrogen-bond donors (Lipinski definition) is 2. The predicted octanol–water partition coefficient (Wildman–Crippen LogP) is 6.75. The SMILES string of the molecule is CCCCCCCNC(=O)N(C)c1cccc(-c2ccc(/C=C(\C)C(=O)O)cc2OCCC)c1. The molecule has 34 heavy (non-hydrogen) atoms. The van der Waals surface area contributed by atoms with Crippen LogP contribution in [0.4, 0.5) is 10.5 Å². The van der Waals surface area contributed by atoms with Gasteiger partial charge in [0.15, 0.2) is 0 Å². The number of carbonyl (C=O) groups is 2. The largest absolute Gasteiger partial charge is 0.493 e. The molecule has 0 aliphatic carbocycles. The van der Waals surface area contributed by atoms with Gasteiger partial charge >= 0.3 is 12.0 Å². The summed E-state index contributed by atoms with van der Waals surface area (Å²) in [4.78, 5) is 25.4. The Morgan fingerprint density at radius 1 is 1.03 bits per heavy atom. The summed E-state index contributed by atoms with van der Waals surface area (Å²) in [6.45, 7) is 7.02. The van der Waals surface area contributed by atoms with E-state index in [0.717, 1.165) is 41.6 Å². The van der Waals surface area contributed by atoms with Gasteiger partial charge in [0.05, 0.1) is 6.61 Å². The Bertz CT molecular complexity index is 984. The molecule has 0 spiro atoms. The molecule has 2 aromatic rings. The quantitative estimate of drug-likeness (QED) is 0.253. The molecule has 0 saturated carbocycles. The number of amides is 2. The van der Waals surface area contributed by atoms with Crippen LogP contribution in [0.1, 0.15) is 64.9 Å². The molecule has 0 bridgehead atoms. The number of benzene rings is 2. The fourth-order valence-corrected chi connectivity index (χ4v) is 3.55. The molecule has 0 atom stereocenters. The first-order valence-electron chi connectivity index (χ1n) is 12.2. The number of anilines is 1. The third-order valence-electron chi connectivity index (χ3n) is 5.59. The summed E-state index contributed by atoms with van der Waals surface area (Å²) in [6.07, 6.45) is 8.25. The molecule has 0 radical (unpaired) electrons. The molecule has 2 N–H and O–H groups in total. The summed E-state index contributed by atoms with van der Waals surface area (Å²) in [5, 5.41) is 12.2. The van der Waals surface area contributed by atoms with Gasteiger partial charge in [-0.25, -0.2) is 9.59 Å². The molecule has 2 aromatic carbocycles. The van der Waals surface area contributed by atoms with Crippen LogP contribution in [0.15, 0.2) is 48.0 Å². The van der Waals surface area contributed by atoms with Crippen molar-refractivity contribution >= 4 is 23.8 Å². The van der Waals surface area contributed by atoms with Gasteiger partial charge in [-0.2, -0.15) is 0 Å². The first-order chi connectivity index (χ1) is 16.4. The third-order valence-corrected chi connectivity index (χ3v) is 5.59. The van der Waals surface area contributed by atoms with Crippen molar-refractivity contribution in [3.8, 4) is 16.9 Å². The lowest BCUT2D eigenvalue weighted by Crippen LogP contribution is -2.37. The van der Waals surface area contributed by atoms with Crippen LogP contribution in [0, 0.1) is 0 Å². The van der Waals surface area contributed by atoms with Crippen LogP contribution in [0.25, 0.3) is 17.2 Å². The summed E-state index contributed by atoms with van der Waals surface area (Å²) in [6, 6.07) is 13.3. The maximum atomic E-state index is 12.6. The van der Waals surface area contributed by atoms with E-state index in [4.69, 9.17) is 4.74 Å². The highest BCUT2D eigenvalue weighted by Gasteiger charge is 2.13. The maximum Gasteiger partial charge on any atom is 0.331 e. The molecule has 6 nitrogen and oxygen atoms in total. The average molecular weight is 467 g/mol. The topological polar surface area (TPSA) is 78.9 Å². The first-order valence-corrected chi connectivity index (χ1v) is 12.2. The Hall–Kier alpha value is -3.28. The number of nitrogens with zero attached hydrogens (tertiary/aromatic N) is 1. The first kappa shape index (κ1) is 27.0. The monoisotopic (exact) mass is 466 g/mol. The zero-order valence-electron chi connectivity index (χ0n) is 20.9. The van der Waals surface area contributed by atoms with E-state index in [2.05, 4.69) is 12.2 Å². The fraction of sp³-hybridized carbons (Fsp3) is 0.429. The van der Waals surface area contributed by atoms with Gasteiger partial charge < -0.3 is 15.2 Å². The number of urea groups is 1. The summed E-state index contributed by atoms with van der Waals surface area (Å²) in [5.74, 6) is -0.264. The van der Waals surface area contributed by atoms with Crippen LogP contribution in [0.2, 0.25) is 0 Å². The molecule has 6 heteroatoms. The second-order valence-corrected chi connectivity index (χ2v) is 8.49. The van der Waals surface area contributed by atoms with Gasteiger partial charge in [-0.3, -0.25) is 4.90 Å². The number of aliphatic carboxylic acids is 1. The van der Waals surface area contributed by atoms with Gasteiger partial charge in [-0.15, -0.1) is 0 Å². The van der Waals surface area contributed by atoms with Crippen LogP contribution >= 0.6 is 0 Å². The second-order valence-electron chi connectivity index (χ2n) is 8.49. The maximum absolute atomic E-state index is 12.6. The van der Waals surface area contributed by atoms with Gasteiger partial charge in [0, 0.05) is 30.4 Å². The Labute approximate surface area is 203 Å². The lowest BCUT2D eigenvalue weighted by Gasteiger charge is -2.20. The van der Waals surface area contributed by atoms with E-state index in [1.807, 2.05) is 49.4 Å². The number of carboxylic acid groups (broad SMARTS) is 1. The standard InChI is InChI=1S/C28H38N2O4/c1-5-7-8-9-10-16-29-28(33)30(4)24-13-11-12-23(20-24)25-15-14-22(18-21(3)27(31)32)19-26(25)34-17-6-2/h11-15,18-20H,5-10,16-17H2,1-4H3,(H,29,33)(H,31,32)/b21-18+. The van der Waals surface area contributed by atoms with Crippen molar-refractivity contribution < 1.29 is 19.4 Å². The van der Waals surface area contributed by atoms with Crippen LogP contribution in [0.5, 0.6) is 5.75 Å². The van der Waals surface area contributed by atoms with E-state index in [1.165, 1.54) is 19.3 Å². The van der Waals surface area contributed by atoms with Crippen molar-refractivity contribution in [3.63, 3.8) is 0 Å². The van der Waals surface area contributed by atoms with E-state index in [1.54, 1.807) is 24.9 Å². The van der Waals surface area contributed by atoms with Crippen molar-refractivity contribution in [1.29, 1.82) is 0 Å². The van der Waals surface area contributed by atoms with Crippen molar-refractivity contribution in [1.82, 2.24) is 5.32 Å². The number of rotatable bonds is 13. The zero-order chi connectivity index (χ0) is 24.9. The van der Waals surface area contributed by atoms with E-state index in [0.29, 0.717) is 18.9 Å². The molecule has 2 rings (SSSR count). The van der Waals surface area contributed by atoms with E-state index < -0.39 is 5.97 Å². The molecule has 0 aromatic heterocycles. The molecule has 0 saturated heterocycles. The predicted molar refractivity (Wildman–Crippen MR) is 140 cm³/mol. The summed E-state index contributed by atoms with van der Waals surface area (Å²) in [5.41, 5.74) is 3.63. The van der Waals surface area contributed by atoms with Crippen LogP contribution in [-0.4, -0.2) is 37.3 Å². The molecule has 0 unspecified atom stereocenters. The summed E-state index contributed by atoms with van der Waals surface area (Å²) in [7, 11) is 1.77. The Balaban J connectivity index is 2.20. The molecule has 0 aliphatic rings. The van der Waals surface area contributed by atoms with Gasteiger partial charge in [0.1, 0.15) is 5.75 Å². The van der Waals surface area contributed by atoms with E-state index in [-0.39, 0.29) is 11.6 Å². The van der Waals surface area contributed by atoms with E-state index in [9.17, 15) is 14.7 Å². The van der Waals surface area contributed by atoms with Gasteiger partial charge in [0.2, 0.25) is 0 Å². The van der Waals surface area contributed by atoms with Crippen molar-refractivity contribution in [3.05, 3.63) is 53.6 Å². The molecular weight excluding hydrogens is 428 g/mol. The summed E-state index contributed by atoms with van der Waals surface area (Å²) >= 11 is 0. The Morgan fingerprint density at radius 2 is 1.79 bits per heavy atom. The number of carboxylic acids is 1. The van der Waals surface area contributed by atoms with Crippen molar-refractivity contribution in [2.45, 2.75) is 59.3 Å². The Morgan fingerprint density at radius 3 is 2.50 bits per heavy atom. The number of hydrogen-bond acceptors (Lipinski definition) is 3. The van der Waals surface area contributed by atoms with E-state index >= 15 is 0 Å². The zero-order valence-corrected chi connectivity index (χ0v) is 20.9. The smallest absolute Gasteiger partial charge is 0.331 e.